The lowest BCUT2D eigenvalue weighted by molar-refractivity contribution is -0.138. The number of esters is 1. The number of halogens is 1. The Labute approximate surface area is 201 Å². The maximum atomic E-state index is 13.3. The van der Waals surface area contributed by atoms with Crippen molar-refractivity contribution in [1.82, 2.24) is 0 Å². The van der Waals surface area contributed by atoms with E-state index >= 15 is 0 Å². The van der Waals surface area contributed by atoms with E-state index in [-0.39, 0.29) is 30.4 Å². The number of nitrogens with zero attached hydrogens (tertiary/aromatic N) is 1. The zero-order valence-electron chi connectivity index (χ0n) is 18.4. The quantitative estimate of drug-likeness (QED) is 0.390. The van der Waals surface area contributed by atoms with E-state index in [2.05, 4.69) is 4.99 Å². The predicted molar refractivity (Wildman–Crippen MR) is 133 cm³/mol. The minimum atomic E-state index is -0.619. The first kappa shape index (κ1) is 23.3. The number of carbonyl (C=O) groups is 1. The molecule has 0 fully saturated rings. The number of aliphatic imine (C=N–C) groups is 1. The topological polar surface area (TPSA) is 68.1 Å². The summed E-state index contributed by atoms with van der Waals surface area (Å²) in [4.78, 5) is 17.5. The second-order valence-corrected chi connectivity index (χ2v) is 8.33. The van der Waals surface area contributed by atoms with Crippen LogP contribution in [0, 0.1) is 5.82 Å². The summed E-state index contributed by atoms with van der Waals surface area (Å²) < 4.78 is 24.2. The highest BCUT2D eigenvalue weighted by atomic mass is 32.2. The molecule has 0 radical (unpaired) electrons. The maximum Gasteiger partial charge on any atom is 0.344 e. The average Bonchev–Trinajstić information content (AvgIpc) is 3.14. The number of para-hydroxylation sites is 1. The number of thioether (sulfide) groups is 1. The van der Waals surface area contributed by atoms with Crippen LogP contribution in [0.15, 0.2) is 100 Å². The van der Waals surface area contributed by atoms with Crippen molar-refractivity contribution in [3.05, 3.63) is 112 Å². The Balaban J connectivity index is 1.54. The number of hydrogen-bond acceptors (Lipinski definition) is 6. The summed E-state index contributed by atoms with van der Waals surface area (Å²) in [6.07, 6.45) is 1.77. The van der Waals surface area contributed by atoms with Crippen LogP contribution in [0.1, 0.15) is 18.1 Å². The molecule has 34 heavy (non-hydrogen) atoms. The summed E-state index contributed by atoms with van der Waals surface area (Å²) in [6, 6.07) is 22.7. The summed E-state index contributed by atoms with van der Waals surface area (Å²) in [6.45, 7) is 2.15. The van der Waals surface area contributed by atoms with Gasteiger partial charge < -0.3 is 14.6 Å². The monoisotopic (exact) mass is 475 g/mol. The molecule has 3 aromatic rings. The molecule has 1 aliphatic rings. The van der Waals surface area contributed by atoms with E-state index in [0.717, 1.165) is 11.1 Å². The van der Waals surface area contributed by atoms with Crippen LogP contribution in [-0.4, -0.2) is 22.7 Å². The molecule has 0 bridgehead atoms. The van der Waals surface area contributed by atoms with Crippen LogP contribution in [0.2, 0.25) is 0 Å². The van der Waals surface area contributed by atoms with E-state index in [1.165, 1.54) is 23.9 Å². The van der Waals surface area contributed by atoms with Crippen molar-refractivity contribution in [2.24, 2.45) is 4.99 Å². The summed E-state index contributed by atoms with van der Waals surface area (Å²) in [7, 11) is 0. The van der Waals surface area contributed by atoms with Crippen molar-refractivity contribution in [1.29, 1.82) is 0 Å². The van der Waals surface area contributed by atoms with Gasteiger partial charge in [-0.25, -0.2) is 14.2 Å². The van der Waals surface area contributed by atoms with Crippen molar-refractivity contribution in [3.63, 3.8) is 0 Å². The molecule has 0 unspecified atom stereocenters. The SMILES string of the molecule is CCOC(=O)C1=C(O)/C(=C/c2ccc(OCc3cccc(F)c3)cc2)SC1=Nc1ccccc1. The lowest BCUT2D eigenvalue weighted by atomic mass is 10.1. The van der Waals surface area contributed by atoms with Crippen LogP contribution in [0.5, 0.6) is 5.75 Å². The highest BCUT2D eigenvalue weighted by molar-refractivity contribution is 8.18. The van der Waals surface area contributed by atoms with Crippen LogP contribution in [0.4, 0.5) is 10.1 Å². The normalized spacial score (nSPS) is 15.7. The summed E-state index contributed by atoms with van der Waals surface area (Å²) in [5, 5.41) is 11.2. The smallest absolute Gasteiger partial charge is 0.344 e. The molecule has 0 aromatic heterocycles. The Hall–Kier alpha value is -3.84. The Morgan fingerprint density at radius 2 is 1.82 bits per heavy atom. The van der Waals surface area contributed by atoms with E-state index in [9.17, 15) is 14.3 Å². The first-order valence-electron chi connectivity index (χ1n) is 10.6. The minimum Gasteiger partial charge on any atom is -0.506 e. The second-order valence-electron chi connectivity index (χ2n) is 7.29. The second kappa shape index (κ2) is 10.9. The average molecular weight is 476 g/mol. The zero-order chi connectivity index (χ0) is 23.9. The lowest BCUT2D eigenvalue weighted by Gasteiger charge is -2.07. The molecule has 3 aromatic carbocycles. The van der Waals surface area contributed by atoms with Gasteiger partial charge in [-0.15, -0.1) is 0 Å². The van der Waals surface area contributed by atoms with E-state index in [0.29, 0.717) is 21.4 Å². The van der Waals surface area contributed by atoms with Gasteiger partial charge in [0.2, 0.25) is 0 Å². The predicted octanol–water partition coefficient (Wildman–Crippen LogP) is 6.60. The van der Waals surface area contributed by atoms with E-state index < -0.39 is 5.97 Å². The largest absolute Gasteiger partial charge is 0.506 e. The van der Waals surface area contributed by atoms with Crippen molar-refractivity contribution < 1.29 is 23.8 Å². The van der Waals surface area contributed by atoms with Crippen molar-refractivity contribution in [2.45, 2.75) is 13.5 Å². The third-order valence-electron chi connectivity index (χ3n) is 4.83. The molecule has 0 aliphatic carbocycles. The fraction of sp³-hybridized carbons (Fsp3) is 0.111. The highest BCUT2D eigenvalue weighted by Gasteiger charge is 2.33. The van der Waals surface area contributed by atoms with Gasteiger partial charge in [0.15, 0.2) is 0 Å². The third-order valence-corrected chi connectivity index (χ3v) is 5.85. The van der Waals surface area contributed by atoms with Gasteiger partial charge in [-0.1, -0.05) is 54.2 Å². The zero-order valence-corrected chi connectivity index (χ0v) is 19.2. The van der Waals surface area contributed by atoms with E-state index in [1.807, 2.05) is 42.5 Å². The van der Waals surface area contributed by atoms with Gasteiger partial charge in [0.25, 0.3) is 0 Å². The molecular weight excluding hydrogens is 453 g/mol. The van der Waals surface area contributed by atoms with Crippen LogP contribution in [0.25, 0.3) is 6.08 Å². The first-order chi connectivity index (χ1) is 16.5. The van der Waals surface area contributed by atoms with Crippen molar-refractivity contribution in [2.75, 3.05) is 6.61 Å². The van der Waals surface area contributed by atoms with Crippen molar-refractivity contribution >= 4 is 34.5 Å². The van der Waals surface area contributed by atoms with Gasteiger partial charge >= 0.3 is 5.97 Å². The third kappa shape index (κ3) is 5.74. The molecule has 0 spiro atoms. The molecule has 1 aliphatic heterocycles. The van der Waals surface area contributed by atoms with Gasteiger partial charge in [0.1, 0.15) is 34.5 Å². The number of benzene rings is 3. The summed E-state index contributed by atoms with van der Waals surface area (Å²) in [5.41, 5.74) is 2.26. The Bertz CT molecular complexity index is 1270. The number of ether oxygens (including phenoxy) is 2. The van der Waals surface area contributed by atoms with Gasteiger partial charge in [0.05, 0.1) is 17.2 Å². The molecule has 0 saturated heterocycles. The Morgan fingerprint density at radius 3 is 2.53 bits per heavy atom. The molecule has 172 valence electrons. The molecular formula is C27H22FNO4S. The summed E-state index contributed by atoms with van der Waals surface area (Å²) in [5.74, 6) is -0.456. The van der Waals surface area contributed by atoms with Crippen molar-refractivity contribution in [3.8, 4) is 5.75 Å². The standard InChI is InChI=1S/C27H22FNO4S/c1-2-32-27(31)24-25(30)23(34-26(24)29-21-9-4-3-5-10-21)16-18-11-13-22(14-12-18)33-17-19-7-6-8-20(28)15-19/h3-16,30H,2,17H2,1H3/b23-16-,29-26?. The molecule has 5 nitrogen and oxygen atoms in total. The van der Waals surface area contributed by atoms with Crippen LogP contribution >= 0.6 is 11.8 Å². The van der Waals surface area contributed by atoms with Gasteiger partial charge in [-0.3, -0.25) is 0 Å². The molecule has 4 rings (SSSR count). The minimum absolute atomic E-state index is 0.0528. The number of aliphatic hydroxyl groups is 1. The molecule has 1 heterocycles. The molecule has 0 atom stereocenters. The Kier molecular flexibility index (Phi) is 7.44. The fourth-order valence-electron chi connectivity index (χ4n) is 3.22. The van der Waals surface area contributed by atoms with Crippen LogP contribution in [0.3, 0.4) is 0 Å². The molecule has 1 N–H and O–H groups in total. The number of carbonyl (C=O) groups excluding carboxylic acids is 1. The fourth-order valence-corrected chi connectivity index (χ4v) is 4.25. The van der Waals surface area contributed by atoms with Crippen LogP contribution < -0.4 is 4.74 Å². The van der Waals surface area contributed by atoms with Crippen LogP contribution in [-0.2, 0) is 16.1 Å². The van der Waals surface area contributed by atoms with E-state index in [4.69, 9.17) is 9.47 Å². The first-order valence-corrected chi connectivity index (χ1v) is 11.5. The molecule has 0 saturated carbocycles. The number of rotatable bonds is 7. The van der Waals surface area contributed by atoms with Gasteiger partial charge in [-0.05, 0) is 60.5 Å². The number of aliphatic hydroxyl groups excluding tert-OH is 1. The molecule has 0 amide bonds. The Morgan fingerprint density at radius 1 is 1.06 bits per heavy atom. The molecule has 7 heteroatoms. The summed E-state index contributed by atoms with van der Waals surface area (Å²) >= 11 is 1.20. The highest BCUT2D eigenvalue weighted by Crippen LogP contribution is 2.40. The van der Waals surface area contributed by atoms with E-state index in [1.54, 1.807) is 37.3 Å². The number of hydrogen-bond donors (Lipinski definition) is 1. The maximum absolute atomic E-state index is 13.3. The van der Waals surface area contributed by atoms with Gasteiger partial charge in [0, 0.05) is 0 Å². The lowest BCUT2D eigenvalue weighted by Crippen LogP contribution is -2.12. The van der Waals surface area contributed by atoms with Gasteiger partial charge in [-0.2, -0.15) is 0 Å².